The van der Waals surface area contributed by atoms with Crippen molar-refractivity contribution in [2.75, 3.05) is 26.2 Å². The summed E-state index contributed by atoms with van der Waals surface area (Å²) in [6, 6.07) is 10.4. The minimum absolute atomic E-state index is 0. The number of furan rings is 1. The maximum atomic E-state index is 14.0. The molecule has 0 bridgehead atoms. The summed E-state index contributed by atoms with van der Waals surface area (Å²) in [6.45, 7) is 5.58. The number of halogens is 2. The molecule has 1 aliphatic rings. The van der Waals surface area contributed by atoms with Crippen LogP contribution in [-0.2, 0) is 6.54 Å². The fraction of sp³-hybridized carbons (Fsp3) is 0.455. The fourth-order valence-electron chi connectivity index (χ4n) is 3.59. The van der Waals surface area contributed by atoms with Crippen LogP contribution < -0.4 is 10.6 Å². The molecule has 3 rings (SSSR count). The Morgan fingerprint density at radius 1 is 1.27 bits per heavy atom. The molecule has 0 radical (unpaired) electrons. The van der Waals surface area contributed by atoms with Crippen LogP contribution in [0, 0.1) is 17.1 Å². The van der Waals surface area contributed by atoms with Crippen LogP contribution in [0.2, 0.25) is 0 Å². The predicted octanol–water partition coefficient (Wildman–Crippen LogP) is 4.19. The van der Waals surface area contributed by atoms with Crippen molar-refractivity contribution in [2.24, 2.45) is 4.99 Å². The van der Waals surface area contributed by atoms with E-state index in [9.17, 15) is 4.39 Å². The van der Waals surface area contributed by atoms with Gasteiger partial charge in [0.1, 0.15) is 11.6 Å². The zero-order chi connectivity index (χ0) is 20.5. The maximum absolute atomic E-state index is 14.0. The molecule has 0 amide bonds. The maximum Gasteiger partial charge on any atom is 0.191 e. The molecule has 1 saturated heterocycles. The summed E-state index contributed by atoms with van der Waals surface area (Å²) in [5, 5.41) is 15.6. The Labute approximate surface area is 194 Å². The Morgan fingerprint density at radius 3 is 2.73 bits per heavy atom. The molecular weight excluding hydrogens is 496 g/mol. The van der Waals surface area contributed by atoms with Crippen molar-refractivity contribution in [2.45, 2.75) is 38.8 Å². The van der Waals surface area contributed by atoms with E-state index >= 15 is 0 Å². The number of piperidine rings is 1. The average Bonchev–Trinajstić information content (AvgIpc) is 3.28. The molecule has 1 aliphatic heterocycles. The van der Waals surface area contributed by atoms with Crippen LogP contribution in [0.1, 0.15) is 49.1 Å². The summed E-state index contributed by atoms with van der Waals surface area (Å²) in [7, 11) is 0. The minimum atomic E-state index is -0.356. The number of nitrogens with zero attached hydrogens (tertiary/aromatic N) is 3. The number of hydrogen-bond acceptors (Lipinski definition) is 4. The van der Waals surface area contributed by atoms with Crippen molar-refractivity contribution in [3.8, 4) is 6.07 Å². The summed E-state index contributed by atoms with van der Waals surface area (Å²) in [5.74, 6) is 1.19. The normalized spacial score (nSPS) is 15.7. The van der Waals surface area contributed by atoms with Crippen molar-refractivity contribution < 1.29 is 8.81 Å². The number of benzene rings is 1. The number of likely N-dealkylation sites (tertiary alicyclic amines) is 1. The van der Waals surface area contributed by atoms with E-state index in [1.807, 2.05) is 25.1 Å². The van der Waals surface area contributed by atoms with Crippen LogP contribution in [0.4, 0.5) is 4.39 Å². The highest BCUT2D eigenvalue weighted by molar-refractivity contribution is 14.0. The van der Waals surface area contributed by atoms with Gasteiger partial charge in [0.2, 0.25) is 0 Å². The van der Waals surface area contributed by atoms with Gasteiger partial charge in [0.15, 0.2) is 5.96 Å². The lowest BCUT2D eigenvalue weighted by Gasteiger charge is -2.33. The molecule has 1 aromatic heterocycles. The van der Waals surface area contributed by atoms with Crippen LogP contribution in [0.15, 0.2) is 46.0 Å². The van der Waals surface area contributed by atoms with Gasteiger partial charge in [-0.1, -0.05) is 6.42 Å². The average molecular weight is 525 g/mol. The van der Waals surface area contributed by atoms with E-state index in [-0.39, 0.29) is 42.4 Å². The van der Waals surface area contributed by atoms with Crippen LogP contribution >= 0.6 is 24.0 Å². The molecule has 0 aliphatic carbocycles. The van der Waals surface area contributed by atoms with E-state index in [2.05, 4.69) is 20.5 Å². The summed E-state index contributed by atoms with van der Waals surface area (Å²) >= 11 is 0. The van der Waals surface area contributed by atoms with Crippen molar-refractivity contribution in [1.29, 1.82) is 5.26 Å². The van der Waals surface area contributed by atoms with E-state index in [0.29, 0.717) is 30.2 Å². The summed E-state index contributed by atoms with van der Waals surface area (Å²) in [5.41, 5.74) is 0.831. The Bertz CT molecular complexity index is 844. The Morgan fingerprint density at radius 2 is 2.07 bits per heavy atom. The predicted molar refractivity (Wildman–Crippen MR) is 126 cm³/mol. The van der Waals surface area contributed by atoms with Crippen molar-refractivity contribution >= 4 is 29.9 Å². The number of nitriles is 1. The molecule has 162 valence electrons. The van der Waals surface area contributed by atoms with Crippen LogP contribution in [0.3, 0.4) is 0 Å². The van der Waals surface area contributed by atoms with Crippen molar-refractivity contribution in [3.05, 3.63) is 59.3 Å². The standard InChI is InChI=1S/C22H28FN5O.HI/c1-2-25-22(26-15-18-13-17(14-24)8-9-19(18)23)27-16-20(21-7-6-12-29-21)28-10-4-3-5-11-28;/h6-9,12-13,20H,2-5,10-11,15-16H2,1H3,(H2,25,26,27);1H. The molecule has 0 spiro atoms. The molecule has 2 heterocycles. The molecule has 2 N–H and O–H groups in total. The zero-order valence-electron chi connectivity index (χ0n) is 17.2. The van der Waals surface area contributed by atoms with E-state index in [1.54, 1.807) is 12.3 Å². The highest BCUT2D eigenvalue weighted by Gasteiger charge is 2.24. The van der Waals surface area contributed by atoms with Crippen molar-refractivity contribution in [1.82, 2.24) is 15.5 Å². The first kappa shape index (κ1) is 24.2. The highest BCUT2D eigenvalue weighted by Crippen LogP contribution is 2.24. The van der Waals surface area contributed by atoms with Gasteiger partial charge in [-0.3, -0.25) is 4.90 Å². The summed E-state index contributed by atoms with van der Waals surface area (Å²) in [4.78, 5) is 6.95. The lowest BCUT2D eigenvalue weighted by molar-refractivity contribution is 0.146. The molecule has 1 atom stereocenters. The first-order chi connectivity index (χ1) is 14.2. The summed E-state index contributed by atoms with van der Waals surface area (Å²) < 4.78 is 19.7. The van der Waals surface area contributed by atoms with Gasteiger partial charge in [-0.15, -0.1) is 24.0 Å². The van der Waals surface area contributed by atoms with E-state index in [1.165, 1.54) is 31.4 Å². The van der Waals surface area contributed by atoms with Gasteiger partial charge in [0.05, 0.1) is 30.5 Å². The third-order valence-electron chi connectivity index (χ3n) is 5.09. The molecule has 0 saturated carbocycles. The SMILES string of the molecule is CCNC(=NCc1cc(C#N)ccc1F)NCC(c1ccco1)N1CCCCC1.I. The molecule has 2 aromatic rings. The Hall–Kier alpha value is -2.12. The second kappa shape index (κ2) is 12.5. The van der Waals surface area contributed by atoms with Gasteiger partial charge in [0, 0.05) is 18.7 Å². The quantitative estimate of drug-likeness (QED) is 0.322. The van der Waals surface area contributed by atoms with Gasteiger partial charge in [0.25, 0.3) is 0 Å². The third kappa shape index (κ3) is 6.71. The van der Waals surface area contributed by atoms with Gasteiger partial charge in [-0.2, -0.15) is 5.26 Å². The summed E-state index contributed by atoms with van der Waals surface area (Å²) in [6.07, 6.45) is 5.36. The van der Waals surface area contributed by atoms with Gasteiger partial charge < -0.3 is 15.1 Å². The first-order valence-corrected chi connectivity index (χ1v) is 10.2. The number of aliphatic imine (C=N–C) groups is 1. The number of nitrogens with one attached hydrogen (secondary N) is 2. The van der Waals surface area contributed by atoms with Crippen LogP contribution in [0.5, 0.6) is 0 Å². The molecule has 8 heteroatoms. The zero-order valence-corrected chi connectivity index (χ0v) is 19.6. The number of guanidine groups is 1. The van der Waals surface area contributed by atoms with E-state index in [0.717, 1.165) is 18.8 Å². The van der Waals surface area contributed by atoms with Crippen molar-refractivity contribution in [3.63, 3.8) is 0 Å². The minimum Gasteiger partial charge on any atom is -0.468 e. The van der Waals surface area contributed by atoms with Crippen LogP contribution in [0.25, 0.3) is 0 Å². The largest absolute Gasteiger partial charge is 0.468 e. The smallest absolute Gasteiger partial charge is 0.191 e. The first-order valence-electron chi connectivity index (χ1n) is 10.2. The second-order valence-corrected chi connectivity index (χ2v) is 7.12. The molecule has 1 aromatic carbocycles. The fourth-order valence-corrected chi connectivity index (χ4v) is 3.59. The molecule has 1 unspecified atom stereocenters. The lowest BCUT2D eigenvalue weighted by Crippen LogP contribution is -2.44. The van der Waals surface area contributed by atoms with E-state index < -0.39 is 0 Å². The molecular formula is C22H29FIN5O. The molecule has 6 nitrogen and oxygen atoms in total. The second-order valence-electron chi connectivity index (χ2n) is 7.12. The van der Waals surface area contributed by atoms with Gasteiger partial charge in [-0.25, -0.2) is 9.38 Å². The molecule has 1 fully saturated rings. The number of rotatable bonds is 7. The molecule has 30 heavy (non-hydrogen) atoms. The topological polar surface area (TPSA) is 76.6 Å². The lowest BCUT2D eigenvalue weighted by atomic mass is 10.1. The highest BCUT2D eigenvalue weighted by atomic mass is 127. The monoisotopic (exact) mass is 525 g/mol. The Kier molecular flexibility index (Phi) is 10.1. The van der Waals surface area contributed by atoms with E-state index in [4.69, 9.17) is 9.68 Å². The Balaban J connectivity index is 0.00000320. The third-order valence-corrected chi connectivity index (χ3v) is 5.09. The van der Waals surface area contributed by atoms with Gasteiger partial charge >= 0.3 is 0 Å². The van der Waals surface area contributed by atoms with Crippen LogP contribution in [-0.4, -0.2) is 37.0 Å². The number of hydrogen-bond donors (Lipinski definition) is 2. The van der Waals surface area contributed by atoms with Gasteiger partial charge in [-0.05, 0) is 63.2 Å².